The highest BCUT2D eigenvalue weighted by Gasteiger charge is 2.42. The molecule has 2 aliphatic rings. The minimum absolute atomic E-state index is 0. The van der Waals surface area contributed by atoms with Crippen molar-refractivity contribution >= 4 is 41.5 Å². The molecule has 2 saturated heterocycles. The van der Waals surface area contributed by atoms with Crippen molar-refractivity contribution in [2.45, 2.75) is 51.9 Å². The third-order valence-electron chi connectivity index (χ3n) is 8.31. The van der Waals surface area contributed by atoms with Crippen LogP contribution in [0.5, 0.6) is 0 Å². The molecule has 0 saturated carbocycles. The summed E-state index contributed by atoms with van der Waals surface area (Å²) in [6, 6.07) is 6.48. The number of carbonyl (C=O) groups excluding carboxylic acids is 2. The van der Waals surface area contributed by atoms with Gasteiger partial charge in [-0.25, -0.2) is 19.6 Å². The van der Waals surface area contributed by atoms with Crippen LogP contribution in [0.4, 0.5) is 5.95 Å². The third-order valence-corrected chi connectivity index (χ3v) is 9.28. The van der Waals surface area contributed by atoms with Crippen molar-refractivity contribution in [2.75, 3.05) is 37.6 Å². The van der Waals surface area contributed by atoms with Gasteiger partial charge in [0.05, 0.1) is 28.4 Å². The molecule has 3 N–H and O–H groups in total. The predicted octanol–water partition coefficient (Wildman–Crippen LogP) is 2.47. The van der Waals surface area contributed by atoms with Crippen molar-refractivity contribution in [1.29, 1.82) is 0 Å². The molecule has 3 atom stereocenters. The normalized spacial score (nSPS) is 18.8. The van der Waals surface area contributed by atoms with Crippen LogP contribution in [0.2, 0.25) is 0 Å². The predicted molar refractivity (Wildman–Crippen MR) is 178 cm³/mol. The summed E-state index contributed by atoms with van der Waals surface area (Å²) in [5.74, 6) is -0.0677. The number of aliphatic hydroxyl groups is 1. The molecule has 2 amide bonds. The number of hydrogen-bond acceptors (Lipinski definition) is 11. The summed E-state index contributed by atoms with van der Waals surface area (Å²) < 4.78 is 1.54. The zero-order valence-corrected chi connectivity index (χ0v) is 27.7. The van der Waals surface area contributed by atoms with E-state index in [1.165, 1.54) is 4.90 Å². The number of benzene rings is 1. The standard InChI is InChI=1S/C31H38N10O3S.ClH/c1-19(2)27(41-17-25(37-38-41)23-14-34-31(35-15-23)39-10-8-32-9-11-39)30(44)40-16-24(42)12-26(40)29(43)33-13-21-4-6-22(7-5-21)28-20(3)36-18-45-28;/h4-7,14-15,17-19,24,26-27,32,42H,8-13,16H2,1-3H3,(H,33,43);1H/t24-,26+,27+;/m1./s1. The van der Waals surface area contributed by atoms with Gasteiger partial charge >= 0.3 is 0 Å². The number of piperazine rings is 1. The zero-order chi connectivity index (χ0) is 31.5. The molecule has 4 aromatic rings. The number of nitrogens with zero attached hydrogens (tertiary/aromatic N) is 8. The number of halogens is 1. The van der Waals surface area contributed by atoms with Crippen LogP contribution in [0.1, 0.15) is 37.6 Å². The average Bonchev–Trinajstić information content (AvgIpc) is 3.81. The summed E-state index contributed by atoms with van der Waals surface area (Å²) >= 11 is 1.59. The monoisotopic (exact) mass is 666 g/mol. The quantitative estimate of drug-likeness (QED) is 0.243. The first kappa shape index (κ1) is 33.4. The van der Waals surface area contributed by atoms with E-state index in [0.717, 1.165) is 47.9 Å². The van der Waals surface area contributed by atoms with Gasteiger partial charge in [0, 0.05) is 63.6 Å². The van der Waals surface area contributed by atoms with Crippen LogP contribution in [-0.4, -0.2) is 96.6 Å². The van der Waals surface area contributed by atoms with E-state index in [0.29, 0.717) is 23.8 Å². The summed E-state index contributed by atoms with van der Waals surface area (Å²) in [4.78, 5) is 45.4. The fourth-order valence-corrected chi connectivity index (χ4v) is 6.68. The molecular formula is C31H39ClN10O3S. The molecule has 0 unspecified atom stereocenters. The van der Waals surface area contributed by atoms with Crippen LogP contribution in [-0.2, 0) is 16.1 Å². The summed E-state index contributed by atoms with van der Waals surface area (Å²) in [5.41, 5.74) is 6.07. The first-order chi connectivity index (χ1) is 21.8. The van der Waals surface area contributed by atoms with Crippen molar-refractivity contribution in [3.05, 3.63) is 59.6 Å². The Balaban J connectivity index is 0.00000417. The van der Waals surface area contributed by atoms with Crippen LogP contribution in [0, 0.1) is 12.8 Å². The number of nitrogens with one attached hydrogen (secondary N) is 2. The third kappa shape index (κ3) is 7.20. The Hall–Kier alpha value is -3.98. The molecule has 0 aliphatic carbocycles. The topological polar surface area (TPSA) is 154 Å². The number of anilines is 1. The number of carbonyl (C=O) groups is 2. The van der Waals surface area contributed by atoms with E-state index in [9.17, 15) is 14.7 Å². The summed E-state index contributed by atoms with van der Waals surface area (Å²) in [6.45, 7) is 9.69. The molecule has 244 valence electrons. The van der Waals surface area contributed by atoms with Gasteiger partial charge in [-0.2, -0.15) is 0 Å². The van der Waals surface area contributed by atoms with Crippen LogP contribution in [0.15, 0.2) is 48.4 Å². The number of aliphatic hydroxyl groups excluding tert-OH is 1. The van der Waals surface area contributed by atoms with Crippen LogP contribution in [0.3, 0.4) is 0 Å². The number of aromatic nitrogens is 6. The summed E-state index contributed by atoms with van der Waals surface area (Å²) in [6.07, 6.45) is 4.53. The molecule has 5 heterocycles. The number of β-amino-alcohol motifs (C(OH)–C–C–N with tert-alkyl or cyclic N) is 1. The lowest BCUT2D eigenvalue weighted by atomic mass is 10.0. The smallest absolute Gasteiger partial charge is 0.248 e. The summed E-state index contributed by atoms with van der Waals surface area (Å²) in [5, 5.41) is 25.4. The van der Waals surface area contributed by atoms with E-state index < -0.39 is 18.2 Å². The molecular weight excluding hydrogens is 628 g/mol. The van der Waals surface area contributed by atoms with Crippen LogP contribution >= 0.6 is 23.7 Å². The molecule has 1 aromatic carbocycles. The van der Waals surface area contributed by atoms with E-state index >= 15 is 0 Å². The van der Waals surface area contributed by atoms with Crippen LogP contribution in [0.25, 0.3) is 21.7 Å². The van der Waals surface area contributed by atoms with Gasteiger partial charge in [-0.05, 0) is 24.0 Å². The number of hydrogen-bond donors (Lipinski definition) is 3. The molecule has 2 aliphatic heterocycles. The lowest BCUT2D eigenvalue weighted by Crippen LogP contribution is -2.49. The maximum atomic E-state index is 14.0. The van der Waals surface area contributed by atoms with Crippen molar-refractivity contribution in [3.8, 4) is 21.7 Å². The molecule has 15 heteroatoms. The molecule has 0 radical (unpaired) electrons. The second-order valence-electron chi connectivity index (χ2n) is 11.9. The summed E-state index contributed by atoms with van der Waals surface area (Å²) in [7, 11) is 0. The number of aryl methyl sites for hydroxylation is 1. The minimum Gasteiger partial charge on any atom is -0.391 e. The van der Waals surface area contributed by atoms with E-state index in [1.807, 2.05) is 50.5 Å². The molecule has 2 fully saturated rings. The van der Waals surface area contributed by atoms with Gasteiger partial charge in [0.25, 0.3) is 0 Å². The number of likely N-dealkylation sites (tertiary alicyclic amines) is 1. The fourth-order valence-electron chi connectivity index (χ4n) is 5.87. The lowest BCUT2D eigenvalue weighted by Gasteiger charge is -2.29. The van der Waals surface area contributed by atoms with Gasteiger partial charge in [0.1, 0.15) is 17.8 Å². The average molecular weight is 667 g/mol. The second kappa shape index (κ2) is 14.6. The van der Waals surface area contributed by atoms with Gasteiger partial charge in [0.15, 0.2) is 0 Å². The number of amides is 2. The molecule has 0 spiro atoms. The molecule has 6 rings (SSSR count). The Morgan fingerprint density at radius 2 is 1.80 bits per heavy atom. The fraction of sp³-hybridized carbons (Fsp3) is 0.452. The Morgan fingerprint density at radius 1 is 1.09 bits per heavy atom. The van der Waals surface area contributed by atoms with Gasteiger partial charge < -0.3 is 25.5 Å². The first-order valence-corrected chi connectivity index (χ1v) is 16.1. The molecule has 13 nitrogen and oxygen atoms in total. The van der Waals surface area contributed by atoms with Gasteiger partial charge in [-0.3, -0.25) is 9.59 Å². The molecule has 46 heavy (non-hydrogen) atoms. The highest BCUT2D eigenvalue weighted by molar-refractivity contribution is 7.13. The molecule has 3 aromatic heterocycles. The van der Waals surface area contributed by atoms with E-state index in [1.54, 1.807) is 34.6 Å². The van der Waals surface area contributed by atoms with Gasteiger partial charge in [-0.15, -0.1) is 28.8 Å². The van der Waals surface area contributed by atoms with Crippen LogP contribution < -0.4 is 15.5 Å². The maximum Gasteiger partial charge on any atom is 0.248 e. The Labute approximate surface area is 277 Å². The Kier molecular flexibility index (Phi) is 10.6. The Bertz CT molecular complexity index is 1620. The number of rotatable bonds is 9. The van der Waals surface area contributed by atoms with E-state index in [4.69, 9.17) is 0 Å². The maximum absolute atomic E-state index is 14.0. The van der Waals surface area contributed by atoms with Gasteiger partial charge in [0.2, 0.25) is 17.8 Å². The number of thiazole rings is 1. The minimum atomic E-state index is -0.794. The second-order valence-corrected chi connectivity index (χ2v) is 12.7. The van der Waals surface area contributed by atoms with E-state index in [-0.39, 0.29) is 43.1 Å². The van der Waals surface area contributed by atoms with Crippen molar-refractivity contribution in [1.82, 2.24) is 45.5 Å². The highest BCUT2D eigenvalue weighted by atomic mass is 35.5. The Morgan fingerprint density at radius 3 is 2.46 bits per heavy atom. The van der Waals surface area contributed by atoms with Crippen molar-refractivity contribution in [2.24, 2.45) is 5.92 Å². The van der Waals surface area contributed by atoms with Crippen molar-refractivity contribution < 1.29 is 14.7 Å². The first-order valence-electron chi connectivity index (χ1n) is 15.2. The lowest BCUT2D eigenvalue weighted by molar-refractivity contribution is -0.142. The zero-order valence-electron chi connectivity index (χ0n) is 26.0. The van der Waals surface area contributed by atoms with Crippen molar-refractivity contribution in [3.63, 3.8) is 0 Å². The van der Waals surface area contributed by atoms with Gasteiger partial charge in [-0.1, -0.05) is 43.3 Å². The SMILES string of the molecule is Cc1ncsc1-c1ccc(CNC(=O)[C@@H]2C[C@@H](O)CN2C(=O)[C@H](C(C)C)n2cc(-c3cnc(N4CCNCC4)nc3)nn2)cc1.Cl. The largest absolute Gasteiger partial charge is 0.391 e. The highest BCUT2D eigenvalue weighted by Crippen LogP contribution is 2.29. The van der Waals surface area contributed by atoms with E-state index in [2.05, 4.69) is 40.8 Å². The molecule has 0 bridgehead atoms.